The molecule has 132 valence electrons. The van der Waals surface area contributed by atoms with Gasteiger partial charge in [0.2, 0.25) is 6.43 Å². The lowest BCUT2D eigenvalue weighted by Crippen LogP contribution is -2.45. The topological polar surface area (TPSA) is 24.5 Å². The summed E-state index contributed by atoms with van der Waals surface area (Å²) in [4.78, 5) is 2.14. The zero-order valence-electron chi connectivity index (χ0n) is 14.0. The van der Waals surface area contributed by atoms with Crippen LogP contribution in [0.5, 0.6) is 5.75 Å². The highest BCUT2D eigenvalue weighted by atomic mass is 35.5. The van der Waals surface area contributed by atoms with Crippen LogP contribution in [0.3, 0.4) is 0 Å². The molecule has 1 atom stereocenters. The SMILES string of the molecule is COc1ccc(C(C)C)cc1[C@H](CC(F)F)N1CCNCC1.Cl. The molecule has 1 N–H and O–H groups in total. The van der Waals surface area contributed by atoms with Crippen molar-refractivity contribution in [3.63, 3.8) is 0 Å². The first-order valence-electron chi connectivity index (χ1n) is 7.93. The van der Waals surface area contributed by atoms with Crippen LogP contribution in [0.2, 0.25) is 0 Å². The second-order valence-corrected chi connectivity index (χ2v) is 6.08. The number of hydrogen-bond donors (Lipinski definition) is 1. The number of halogens is 3. The summed E-state index contributed by atoms with van der Waals surface area (Å²) < 4.78 is 31.7. The molecular formula is C17H27ClF2N2O. The van der Waals surface area contributed by atoms with E-state index in [4.69, 9.17) is 4.74 Å². The van der Waals surface area contributed by atoms with Gasteiger partial charge in [-0.2, -0.15) is 0 Å². The average molecular weight is 349 g/mol. The van der Waals surface area contributed by atoms with Crippen LogP contribution in [-0.4, -0.2) is 44.6 Å². The van der Waals surface area contributed by atoms with Crippen LogP contribution in [-0.2, 0) is 0 Å². The van der Waals surface area contributed by atoms with Crippen molar-refractivity contribution in [2.75, 3.05) is 33.3 Å². The van der Waals surface area contributed by atoms with E-state index in [1.807, 2.05) is 18.2 Å². The zero-order chi connectivity index (χ0) is 16.1. The van der Waals surface area contributed by atoms with Crippen LogP contribution in [0.1, 0.15) is 43.4 Å². The Kier molecular flexibility index (Phi) is 8.23. The average Bonchev–Trinajstić information content (AvgIpc) is 2.52. The molecule has 1 aliphatic heterocycles. The molecule has 0 radical (unpaired) electrons. The second-order valence-electron chi connectivity index (χ2n) is 6.08. The first kappa shape index (κ1) is 20.1. The Bertz CT molecular complexity index is 480. The van der Waals surface area contributed by atoms with E-state index in [2.05, 4.69) is 24.1 Å². The van der Waals surface area contributed by atoms with Gasteiger partial charge in [-0.1, -0.05) is 26.0 Å². The van der Waals surface area contributed by atoms with Crippen molar-refractivity contribution in [3.8, 4) is 5.75 Å². The lowest BCUT2D eigenvalue weighted by atomic mass is 9.94. The molecule has 3 nitrogen and oxygen atoms in total. The van der Waals surface area contributed by atoms with Gasteiger partial charge in [0.1, 0.15) is 5.75 Å². The molecule has 23 heavy (non-hydrogen) atoms. The Morgan fingerprint density at radius 2 is 1.87 bits per heavy atom. The second kappa shape index (κ2) is 9.40. The van der Waals surface area contributed by atoms with Crippen molar-refractivity contribution < 1.29 is 13.5 Å². The van der Waals surface area contributed by atoms with Gasteiger partial charge in [-0.25, -0.2) is 8.78 Å². The van der Waals surface area contributed by atoms with Gasteiger partial charge in [-0.3, -0.25) is 4.90 Å². The minimum atomic E-state index is -2.33. The fraction of sp³-hybridized carbons (Fsp3) is 0.647. The third-order valence-electron chi connectivity index (χ3n) is 4.27. The lowest BCUT2D eigenvalue weighted by Gasteiger charge is -2.36. The molecule has 0 aliphatic carbocycles. The minimum absolute atomic E-state index is 0. The van der Waals surface area contributed by atoms with Crippen LogP contribution in [0.4, 0.5) is 8.78 Å². The maximum atomic E-state index is 13.1. The Morgan fingerprint density at radius 1 is 1.22 bits per heavy atom. The number of hydrogen-bond acceptors (Lipinski definition) is 3. The Labute approximate surface area is 143 Å². The highest BCUT2D eigenvalue weighted by Crippen LogP contribution is 2.35. The fourth-order valence-corrected chi connectivity index (χ4v) is 3.01. The molecule has 1 aliphatic rings. The predicted molar refractivity (Wildman–Crippen MR) is 92.1 cm³/mol. The van der Waals surface area contributed by atoms with Gasteiger partial charge in [-0.15, -0.1) is 12.4 Å². The first-order chi connectivity index (χ1) is 10.5. The number of nitrogens with zero attached hydrogens (tertiary/aromatic N) is 1. The van der Waals surface area contributed by atoms with Gasteiger partial charge in [0.05, 0.1) is 7.11 Å². The van der Waals surface area contributed by atoms with E-state index in [0.29, 0.717) is 11.7 Å². The Balaban J connectivity index is 0.00000264. The minimum Gasteiger partial charge on any atom is -0.496 e. The fourth-order valence-electron chi connectivity index (χ4n) is 3.01. The van der Waals surface area contributed by atoms with Crippen molar-refractivity contribution in [1.29, 1.82) is 0 Å². The van der Waals surface area contributed by atoms with Crippen molar-refractivity contribution >= 4 is 12.4 Å². The Morgan fingerprint density at radius 3 is 2.39 bits per heavy atom. The normalized spacial score (nSPS) is 17.2. The zero-order valence-corrected chi connectivity index (χ0v) is 14.8. The van der Waals surface area contributed by atoms with Crippen molar-refractivity contribution in [1.82, 2.24) is 10.2 Å². The smallest absolute Gasteiger partial charge is 0.240 e. The largest absolute Gasteiger partial charge is 0.496 e. The third kappa shape index (κ3) is 5.30. The van der Waals surface area contributed by atoms with Gasteiger partial charge >= 0.3 is 0 Å². The number of ether oxygens (including phenoxy) is 1. The molecule has 1 saturated heterocycles. The summed E-state index contributed by atoms with van der Waals surface area (Å²) in [6.45, 7) is 7.47. The van der Waals surface area contributed by atoms with Gasteiger partial charge in [-0.05, 0) is 17.5 Å². The third-order valence-corrected chi connectivity index (χ3v) is 4.27. The van der Waals surface area contributed by atoms with Gasteiger partial charge in [0.15, 0.2) is 0 Å². The van der Waals surface area contributed by atoms with E-state index in [9.17, 15) is 8.78 Å². The van der Waals surface area contributed by atoms with Crippen LogP contribution in [0.15, 0.2) is 18.2 Å². The summed E-state index contributed by atoms with van der Waals surface area (Å²) in [7, 11) is 1.60. The number of benzene rings is 1. The van der Waals surface area contributed by atoms with E-state index < -0.39 is 6.43 Å². The summed E-state index contributed by atoms with van der Waals surface area (Å²) in [5.74, 6) is 1.06. The molecule has 6 heteroatoms. The maximum absolute atomic E-state index is 13.1. The molecule has 0 spiro atoms. The van der Waals surface area contributed by atoms with Gasteiger partial charge in [0, 0.05) is 44.2 Å². The standard InChI is InChI=1S/C17H26F2N2O.ClH/c1-12(2)13-4-5-16(22-3)14(10-13)15(11-17(18)19)21-8-6-20-7-9-21;/h4-5,10,12,15,17,20H,6-9,11H2,1-3H3;1H/t15-;/m0./s1. The summed E-state index contributed by atoms with van der Waals surface area (Å²) >= 11 is 0. The Hall–Kier alpha value is -0.910. The predicted octanol–water partition coefficient (Wildman–Crippen LogP) is 3.84. The molecular weight excluding hydrogens is 322 g/mol. The van der Waals surface area contributed by atoms with E-state index >= 15 is 0 Å². The lowest BCUT2D eigenvalue weighted by molar-refractivity contribution is 0.0729. The molecule has 0 unspecified atom stereocenters. The van der Waals surface area contributed by atoms with E-state index in [0.717, 1.165) is 37.3 Å². The highest BCUT2D eigenvalue weighted by Gasteiger charge is 2.28. The number of alkyl halides is 2. The number of methoxy groups -OCH3 is 1. The molecule has 0 amide bonds. The van der Waals surface area contributed by atoms with Gasteiger partial charge in [0.25, 0.3) is 0 Å². The molecule has 1 heterocycles. The van der Waals surface area contributed by atoms with Crippen molar-refractivity contribution in [2.24, 2.45) is 0 Å². The molecule has 1 aromatic carbocycles. The van der Waals surface area contributed by atoms with Crippen molar-refractivity contribution in [3.05, 3.63) is 29.3 Å². The molecule has 2 rings (SSSR count). The molecule has 1 fully saturated rings. The van der Waals surface area contributed by atoms with E-state index in [1.165, 1.54) is 0 Å². The summed E-state index contributed by atoms with van der Waals surface area (Å²) in [5.41, 5.74) is 2.04. The molecule has 1 aromatic rings. The van der Waals surface area contributed by atoms with Crippen LogP contribution in [0, 0.1) is 0 Å². The molecule has 0 saturated carbocycles. The van der Waals surface area contributed by atoms with Crippen LogP contribution < -0.4 is 10.1 Å². The first-order valence-corrected chi connectivity index (χ1v) is 7.93. The van der Waals surface area contributed by atoms with Crippen molar-refractivity contribution in [2.45, 2.75) is 38.7 Å². The number of nitrogens with one attached hydrogen (secondary N) is 1. The van der Waals surface area contributed by atoms with E-state index in [-0.39, 0.29) is 24.9 Å². The summed E-state index contributed by atoms with van der Waals surface area (Å²) in [5, 5.41) is 3.27. The highest BCUT2D eigenvalue weighted by molar-refractivity contribution is 5.85. The van der Waals surface area contributed by atoms with Crippen LogP contribution in [0.25, 0.3) is 0 Å². The van der Waals surface area contributed by atoms with E-state index in [1.54, 1.807) is 7.11 Å². The number of rotatable bonds is 6. The van der Waals surface area contributed by atoms with Gasteiger partial charge < -0.3 is 10.1 Å². The monoisotopic (exact) mass is 348 g/mol. The summed E-state index contributed by atoms with van der Waals surface area (Å²) in [6.07, 6.45) is -2.48. The quantitative estimate of drug-likeness (QED) is 0.845. The maximum Gasteiger partial charge on any atom is 0.240 e. The molecule has 0 aromatic heterocycles. The molecule has 0 bridgehead atoms. The summed E-state index contributed by atoms with van der Waals surface area (Å²) in [6, 6.07) is 5.67. The van der Waals surface area contributed by atoms with Crippen LogP contribution >= 0.6 is 12.4 Å². The number of piperazine rings is 1.